The molecule has 2 aliphatic heterocycles. The summed E-state index contributed by atoms with van der Waals surface area (Å²) in [6.45, 7) is 0.350. The van der Waals surface area contributed by atoms with Crippen molar-refractivity contribution in [1.82, 2.24) is 25.4 Å². The summed E-state index contributed by atoms with van der Waals surface area (Å²) in [6.07, 6.45) is -2.39. The lowest BCUT2D eigenvalue weighted by Gasteiger charge is -2.34. The highest BCUT2D eigenvalue weighted by molar-refractivity contribution is 5.73. The van der Waals surface area contributed by atoms with Gasteiger partial charge in [-0.3, -0.25) is 0 Å². The number of rotatable bonds is 2. The van der Waals surface area contributed by atoms with Crippen LogP contribution in [0.4, 0.5) is 23.8 Å². The molecule has 22 heavy (non-hydrogen) atoms. The van der Waals surface area contributed by atoms with Gasteiger partial charge in [0.05, 0.1) is 18.8 Å². The number of hydrazine groups is 2. The number of hydrogen-bond donors (Lipinski definition) is 2. The topological polar surface area (TPSA) is 90.6 Å². The van der Waals surface area contributed by atoms with E-state index in [1.165, 1.54) is 11.1 Å². The molecule has 0 radical (unpaired) electrons. The third kappa shape index (κ3) is 2.50. The first-order valence-electron chi connectivity index (χ1n) is 6.28. The van der Waals surface area contributed by atoms with E-state index >= 15 is 0 Å². The van der Waals surface area contributed by atoms with Gasteiger partial charge in [-0.05, 0) is 5.57 Å². The maximum absolute atomic E-state index is 13.3. The van der Waals surface area contributed by atoms with E-state index in [0.29, 0.717) is 11.3 Å². The minimum absolute atomic E-state index is 0.0252. The van der Waals surface area contributed by atoms with Crippen molar-refractivity contribution < 1.29 is 18.0 Å². The van der Waals surface area contributed by atoms with Crippen LogP contribution < -0.4 is 16.2 Å². The maximum atomic E-state index is 13.3. The van der Waals surface area contributed by atoms with Crippen LogP contribution in [-0.4, -0.2) is 52.0 Å². The highest BCUT2D eigenvalue weighted by Gasteiger charge is 2.46. The predicted octanol–water partition coefficient (Wildman–Crippen LogP) is 0.186. The molecule has 3 heterocycles. The van der Waals surface area contributed by atoms with Crippen molar-refractivity contribution in [3.8, 4) is 0 Å². The molecule has 3 rings (SSSR count). The molecule has 0 atom stereocenters. The molecule has 1 aromatic heterocycles. The number of nitrogens with two attached hydrogens (primary N) is 1. The van der Waals surface area contributed by atoms with Crippen LogP contribution in [0.2, 0.25) is 0 Å². The molecule has 0 aromatic carbocycles. The molecule has 3 N–H and O–H groups in total. The maximum Gasteiger partial charge on any atom is 0.502 e. The Morgan fingerprint density at radius 3 is 2.68 bits per heavy atom. The van der Waals surface area contributed by atoms with Crippen LogP contribution in [-0.2, 0) is 0 Å². The van der Waals surface area contributed by atoms with Crippen molar-refractivity contribution in [2.45, 2.75) is 6.30 Å². The lowest BCUT2D eigenvalue weighted by molar-refractivity contribution is -0.164. The van der Waals surface area contributed by atoms with Crippen molar-refractivity contribution in [2.24, 2.45) is 5.73 Å². The van der Waals surface area contributed by atoms with E-state index in [1.807, 2.05) is 0 Å². The van der Waals surface area contributed by atoms with E-state index in [0.717, 1.165) is 17.5 Å². The van der Waals surface area contributed by atoms with E-state index in [2.05, 4.69) is 15.4 Å². The lowest BCUT2D eigenvalue weighted by atomic mass is 10.3. The van der Waals surface area contributed by atoms with E-state index in [-0.39, 0.29) is 30.5 Å². The fourth-order valence-electron chi connectivity index (χ4n) is 2.40. The number of aromatic nitrogens is 2. The van der Waals surface area contributed by atoms with Gasteiger partial charge in [0.2, 0.25) is 0 Å². The molecule has 8 nitrogen and oxygen atoms in total. The average molecular weight is 315 g/mol. The summed E-state index contributed by atoms with van der Waals surface area (Å²) in [5.74, 6) is -0.303. The zero-order valence-corrected chi connectivity index (χ0v) is 11.2. The Bertz CT molecular complexity index is 600. The van der Waals surface area contributed by atoms with Gasteiger partial charge in [-0.25, -0.2) is 14.8 Å². The molecule has 11 heteroatoms. The molecule has 0 bridgehead atoms. The van der Waals surface area contributed by atoms with Crippen LogP contribution in [0, 0.1) is 0 Å². The fraction of sp³-hybridized carbons (Fsp3) is 0.364. The normalized spacial score (nSPS) is 18.4. The number of nitrogens with zero attached hydrogens (tertiary/aromatic N) is 5. The summed E-state index contributed by atoms with van der Waals surface area (Å²) >= 11 is 0. The second-order valence-corrected chi connectivity index (χ2v) is 4.79. The predicted molar refractivity (Wildman–Crippen MR) is 68.6 cm³/mol. The molecule has 0 aliphatic carbocycles. The average Bonchev–Trinajstić information content (AvgIpc) is 2.96. The molecule has 0 saturated carbocycles. The Hall–Kier alpha value is -2.56. The number of urea groups is 1. The zero-order valence-electron chi connectivity index (χ0n) is 11.2. The van der Waals surface area contributed by atoms with Gasteiger partial charge in [0.1, 0.15) is 6.33 Å². The van der Waals surface area contributed by atoms with Gasteiger partial charge in [-0.2, -0.15) is 5.01 Å². The SMILES string of the molecule is NC(=O)N1CC2=C(C1)NN(N(c1ccncn1)C(F)(F)F)C2. The molecular formula is C11H12F3N7O. The second-order valence-electron chi connectivity index (χ2n) is 4.79. The molecule has 2 amide bonds. The summed E-state index contributed by atoms with van der Waals surface area (Å²) in [6, 6.07) is 0.556. The zero-order chi connectivity index (χ0) is 15.9. The molecular weight excluding hydrogens is 303 g/mol. The molecule has 0 fully saturated rings. The Kier molecular flexibility index (Phi) is 3.28. The molecule has 2 aliphatic rings. The summed E-state index contributed by atoms with van der Waals surface area (Å²) in [4.78, 5) is 19.7. The van der Waals surface area contributed by atoms with E-state index in [1.54, 1.807) is 0 Å². The summed E-state index contributed by atoms with van der Waals surface area (Å²) in [5, 5.41) is 1.01. The third-order valence-corrected chi connectivity index (χ3v) is 3.34. The van der Waals surface area contributed by atoms with Crippen LogP contribution in [0.25, 0.3) is 0 Å². The van der Waals surface area contributed by atoms with Crippen LogP contribution in [0.3, 0.4) is 0 Å². The summed E-state index contributed by atoms with van der Waals surface area (Å²) in [5.41, 5.74) is 9.05. The van der Waals surface area contributed by atoms with Crippen molar-refractivity contribution in [3.63, 3.8) is 0 Å². The van der Waals surface area contributed by atoms with Gasteiger partial charge in [0, 0.05) is 18.8 Å². The third-order valence-electron chi connectivity index (χ3n) is 3.34. The molecule has 118 valence electrons. The van der Waals surface area contributed by atoms with Gasteiger partial charge in [0.15, 0.2) is 5.82 Å². The van der Waals surface area contributed by atoms with Crippen molar-refractivity contribution in [2.75, 3.05) is 24.6 Å². The molecule has 0 unspecified atom stereocenters. The van der Waals surface area contributed by atoms with Crippen LogP contribution in [0.1, 0.15) is 0 Å². The second kappa shape index (κ2) is 5.02. The monoisotopic (exact) mass is 315 g/mol. The number of primary amides is 1. The molecule has 0 saturated heterocycles. The van der Waals surface area contributed by atoms with Crippen molar-refractivity contribution in [3.05, 3.63) is 29.9 Å². The number of amides is 2. The van der Waals surface area contributed by atoms with Crippen LogP contribution >= 0.6 is 0 Å². The molecule has 1 aromatic rings. The highest BCUT2D eigenvalue weighted by atomic mass is 19.4. The Morgan fingerprint density at radius 2 is 2.14 bits per heavy atom. The minimum Gasteiger partial charge on any atom is -0.351 e. The summed E-state index contributed by atoms with van der Waals surface area (Å²) in [7, 11) is 0. The first-order valence-corrected chi connectivity index (χ1v) is 6.28. The quantitative estimate of drug-likeness (QED) is 0.757. The Morgan fingerprint density at radius 1 is 1.36 bits per heavy atom. The first kappa shape index (κ1) is 14.4. The van der Waals surface area contributed by atoms with Gasteiger partial charge in [0.25, 0.3) is 0 Å². The Labute approximate surface area is 122 Å². The van der Waals surface area contributed by atoms with Gasteiger partial charge < -0.3 is 16.1 Å². The number of nitrogens with one attached hydrogen (secondary N) is 1. The number of halogens is 3. The van der Waals surface area contributed by atoms with Gasteiger partial charge in [-0.1, -0.05) is 0 Å². The molecule has 0 spiro atoms. The number of anilines is 1. The highest BCUT2D eigenvalue weighted by Crippen LogP contribution is 2.32. The first-order chi connectivity index (χ1) is 10.4. The van der Waals surface area contributed by atoms with Crippen LogP contribution in [0.15, 0.2) is 29.9 Å². The van der Waals surface area contributed by atoms with E-state index in [9.17, 15) is 18.0 Å². The largest absolute Gasteiger partial charge is 0.502 e. The van der Waals surface area contributed by atoms with Crippen molar-refractivity contribution in [1.29, 1.82) is 0 Å². The fourth-order valence-corrected chi connectivity index (χ4v) is 2.40. The van der Waals surface area contributed by atoms with Crippen molar-refractivity contribution >= 4 is 11.8 Å². The Balaban J connectivity index is 1.78. The standard InChI is InChI=1S/C11H12F3N7O/c12-11(13,14)21(9-1-2-16-6-17-9)20-4-7-3-19(10(15)22)5-8(7)18-20/h1-2,6,18H,3-5H2,(H2,15,22). The van der Waals surface area contributed by atoms with Gasteiger partial charge in [-0.15, -0.1) is 18.3 Å². The number of carbonyl (C=O) groups is 1. The van der Waals surface area contributed by atoms with E-state index < -0.39 is 12.3 Å². The van der Waals surface area contributed by atoms with E-state index in [4.69, 9.17) is 5.73 Å². The lowest BCUT2D eigenvalue weighted by Crippen LogP contribution is -2.56. The van der Waals surface area contributed by atoms with Gasteiger partial charge >= 0.3 is 12.3 Å². The number of carbonyl (C=O) groups excluding carboxylic acids is 1. The van der Waals surface area contributed by atoms with Crippen LogP contribution in [0.5, 0.6) is 0 Å². The smallest absolute Gasteiger partial charge is 0.351 e. The summed E-state index contributed by atoms with van der Waals surface area (Å²) < 4.78 is 40.0. The number of hydrogen-bond acceptors (Lipinski definition) is 6. The number of alkyl halides is 3. The minimum atomic E-state index is -4.66.